The first-order valence-electron chi connectivity index (χ1n) is 18.7. The van der Waals surface area contributed by atoms with Gasteiger partial charge in [0.25, 0.3) is 0 Å². The number of nitrogens with zero attached hydrogens (tertiary/aromatic N) is 2. The Bertz CT molecular complexity index is 1230. The van der Waals surface area contributed by atoms with E-state index in [1.807, 2.05) is 24.9 Å². The molecule has 1 N–H and O–H groups in total. The summed E-state index contributed by atoms with van der Waals surface area (Å²) in [6.45, 7) is 17.7. The third kappa shape index (κ3) is 9.78. The summed E-state index contributed by atoms with van der Waals surface area (Å²) in [6.07, 6.45) is 13.6. The van der Waals surface area contributed by atoms with Crippen LogP contribution in [0.5, 0.6) is 0 Å². The molecule has 0 aromatic carbocycles. The van der Waals surface area contributed by atoms with Gasteiger partial charge in [0, 0.05) is 19.0 Å². The Kier molecular flexibility index (Phi) is 13.7. The highest BCUT2D eigenvalue weighted by Gasteiger charge is 2.57. The molecule has 0 radical (unpaired) electrons. The number of imide groups is 1. The predicted octanol–water partition coefficient (Wildman–Crippen LogP) is 8.50. The summed E-state index contributed by atoms with van der Waals surface area (Å²) in [4.78, 5) is 44.2. The van der Waals surface area contributed by atoms with Gasteiger partial charge in [0.15, 0.2) is 8.32 Å². The number of amides is 3. The van der Waals surface area contributed by atoms with E-state index in [1.165, 1.54) is 4.90 Å². The van der Waals surface area contributed by atoms with Crippen molar-refractivity contribution in [2.75, 3.05) is 13.1 Å². The molecule has 1 aliphatic carbocycles. The van der Waals surface area contributed by atoms with Crippen LogP contribution < -0.4 is 0 Å². The number of hydrogen-bond donors (Lipinski definition) is 1. The van der Waals surface area contributed by atoms with Crippen molar-refractivity contribution in [1.82, 2.24) is 9.80 Å². The van der Waals surface area contributed by atoms with E-state index < -0.39 is 31.5 Å². The molecule has 0 aromatic rings. The molecule has 4 aliphatic rings. The molecule has 49 heavy (non-hydrogen) atoms. The van der Waals surface area contributed by atoms with E-state index >= 15 is 0 Å². The maximum Gasteiger partial charge on any atom is 0.412 e. The molecule has 3 aliphatic heterocycles. The van der Waals surface area contributed by atoms with Gasteiger partial charge in [-0.2, -0.15) is 0 Å². The molecule has 7 atom stereocenters. The number of allylic oxidation sites excluding steroid dienone is 2. The van der Waals surface area contributed by atoms with Gasteiger partial charge in [0.05, 0.1) is 30.1 Å². The van der Waals surface area contributed by atoms with Gasteiger partial charge < -0.3 is 19.0 Å². The normalized spacial score (nSPS) is 30.5. The van der Waals surface area contributed by atoms with Crippen LogP contribution >= 0.6 is 22.6 Å². The fraction of sp³-hybridized carbons (Fsp3) is 0.816. The number of aliphatic hydroxyl groups is 1. The van der Waals surface area contributed by atoms with Crippen LogP contribution in [0.2, 0.25) is 18.1 Å². The molecule has 0 saturated carbocycles. The predicted molar refractivity (Wildman–Crippen MR) is 204 cm³/mol. The summed E-state index contributed by atoms with van der Waals surface area (Å²) in [5.74, 6) is -0.164. The first-order valence-corrected chi connectivity index (χ1v) is 22.8. The minimum Gasteiger partial charge on any atom is -0.444 e. The summed E-state index contributed by atoms with van der Waals surface area (Å²) < 4.78 is 21.1. The van der Waals surface area contributed by atoms with Crippen LogP contribution in [0.1, 0.15) is 119 Å². The number of aliphatic hydroxyl groups excluding tert-OH is 1. The lowest BCUT2D eigenvalue weighted by Crippen LogP contribution is -2.62. The Labute approximate surface area is 310 Å². The van der Waals surface area contributed by atoms with Crippen LogP contribution in [0.3, 0.4) is 0 Å². The topological polar surface area (TPSA) is 106 Å². The van der Waals surface area contributed by atoms with Gasteiger partial charge in [0.2, 0.25) is 11.8 Å². The summed E-state index contributed by atoms with van der Waals surface area (Å²) in [6, 6.07) is 0. The number of halogens is 1. The minimum absolute atomic E-state index is 0.0206. The Morgan fingerprint density at radius 1 is 1.12 bits per heavy atom. The van der Waals surface area contributed by atoms with Crippen LogP contribution in [-0.2, 0) is 23.5 Å². The monoisotopic (exact) mass is 814 g/mol. The fourth-order valence-corrected chi connectivity index (χ4v) is 9.61. The van der Waals surface area contributed by atoms with E-state index in [9.17, 15) is 19.5 Å². The molecule has 1 spiro atoms. The zero-order valence-electron chi connectivity index (χ0n) is 31.3. The maximum absolute atomic E-state index is 14.5. The number of likely N-dealkylation sites (tertiary alicyclic amines) is 2. The van der Waals surface area contributed by atoms with Crippen LogP contribution in [0.25, 0.3) is 0 Å². The van der Waals surface area contributed by atoms with Gasteiger partial charge in [-0.05, 0) is 107 Å². The number of ether oxygens (including phenoxy) is 2. The van der Waals surface area contributed by atoms with E-state index in [4.69, 9.17) is 13.9 Å². The highest BCUT2D eigenvalue weighted by molar-refractivity contribution is 14.1. The first-order chi connectivity index (χ1) is 22.9. The number of carbonyl (C=O) groups excluding carboxylic acids is 3. The molecule has 3 fully saturated rings. The Morgan fingerprint density at radius 2 is 1.86 bits per heavy atom. The van der Waals surface area contributed by atoms with Crippen molar-refractivity contribution in [3.8, 4) is 0 Å². The SMILES string of the molecule is CC(C)(C)OC(=O)N1CCC[C@H]2CC[C@@H](CCCC[C@H](O)CC(=O)N3CCC[C@@]4(C3=O)[C@H](/C=C\I)CC=C[C@@H]4O[Si](C)(C)C(C)(C)C)O[C@H]21. The van der Waals surface area contributed by atoms with E-state index in [0.717, 1.165) is 57.8 Å². The molecule has 3 saturated heterocycles. The lowest BCUT2D eigenvalue weighted by Gasteiger charge is -2.52. The van der Waals surface area contributed by atoms with Crippen molar-refractivity contribution < 1.29 is 33.4 Å². The smallest absolute Gasteiger partial charge is 0.412 e. The van der Waals surface area contributed by atoms with E-state index in [1.54, 1.807) is 4.90 Å². The van der Waals surface area contributed by atoms with E-state index in [0.29, 0.717) is 31.8 Å². The van der Waals surface area contributed by atoms with Crippen molar-refractivity contribution in [2.24, 2.45) is 17.3 Å². The number of piperidine rings is 2. The van der Waals surface area contributed by atoms with Crippen LogP contribution in [-0.4, -0.2) is 84.4 Å². The zero-order valence-corrected chi connectivity index (χ0v) is 34.5. The number of carbonyl (C=O) groups is 3. The largest absolute Gasteiger partial charge is 0.444 e. The molecule has 0 unspecified atom stereocenters. The van der Waals surface area contributed by atoms with Gasteiger partial charge >= 0.3 is 6.09 Å². The third-order valence-corrected chi connectivity index (χ3v) is 16.4. The molecule has 0 aromatic heterocycles. The molecule has 278 valence electrons. The second-order valence-electron chi connectivity index (χ2n) is 17.3. The molecule has 3 amide bonds. The van der Waals surface area contributed by atoms with E-state index in [2.05, 4.69) is 74.7 Å². The lowest BCUT2D eigenvalue weighted by molar-refractivity contribution is -0.169. The number of rotatable bonds is 10. The average Bonchev–Trinajstić information content (AvgIpc) is 3.00. The van der Waals surface area contributed by atoms with Gasteiger partial charge in [-0.25, -0.2) is 4.79 Å². The van der Waals surface area contributed by atoms with Gasteiger partial charge in [-0.3, -0.25) is 19.4 Å². The summed E-state index contributed by atoms with van der Waals surface area (Å²) in [5, 5.41) is 10.9. The highest BCUT2D eigenvalue weighted by Crippen LogP contribution is 2.51. The lowest BCUT2D eigenvalue weighted by atomic mass is 9.62. The van der Waals surface area contributed by atoms with Gasteiger partial charge in [-0.15, -0.1) is 0 Å². The molecular weight excluding hydrogens is 751 g/mol. The van der Waals surface area contributed by atoms with Crippen molar-refractivity contribution in [3.05, 3.63) is 22.3 Å². The molecular formula is C38H63IN2O7Si. The van der Waals surface area contributed by atoms with E-state index in [-0.39, 0.29) is 47.6 Å². The molecule has 4 rings (SSSR count). The third-order valence-electron chi connectivity index (χ3n) is 11.5. The second-order valence-corrected chi connectivity index (χ2v) is 22.8. The summed E-state index contributed by atoms with van der Waals surface area (Å²) >= 11 is 2.21. The standard InChI is InChI=1S/C38H63IN2O7Si/c1-36(2,3)47-35(45)41-24-12-14-27-19-20-30(46-33(27)41)17-10-9-16-29(42)26-32(43)40-25-13-22-38(34(40)44)28(21-23-39)15-11-18-31(38)48-49(7,8)37(4,5)6/h11,18,21,23,27-31,33,42H,9-10,12-17,19-20,22,24-26H2,1-8H3/b23-21-/t27-,28-,29-,30+,31-,33+,38+/m0/s1. The van der Waals surface area contributed by atoms with Crippen molar-refractivity contribution in [1.29, 1.82) is 0 Å². The molecule has 9 nitrogen and oxygen atoms in total. The average molecular weight is 815 g/mol. The Morgan fingerprint density at radius 3 is 2.53 bits per heavy atom. The number of hydrogen-bond acceptors (Lipinski definition) is 7. The number of unbranched alkanes of at least 4 members (excludes halogenated alkanes) is 1. The van der Waals surface area contributed by atoms with Crippen molar-refractivity contribution >= 4 is 48.8 Å². The quantitative estimate of drug-likeness (QED) is 0.102. The first kappa shape index (κ1) is 40.5. The minimum atomic E-state index is -2.22. The maximum atomic E-state index is 14.5. The summed E-state index contributed by atoms with van der Waals surface area (Å²) in [7, 11) is -2.22. The van der Waals surface area contributed by atoms with Gasteiger partial charge in [0.1, 0.15) is 11.8 Å². The summed E-state index contributed by atoms with van der Waals surface area (Å²) in [5.41, 5.74) is -1.38. The fourth-order valence-electron chi connectivity index (χ4n) is 7.83. The Balaban J connectivity index is 1.31. The van der Waals surface area contributed by atoms with Gasteiger partial charge in [-0.1, -0.05) is 74.4 Å². The Hall–Kier alpha value is -1.28. The van der Waals surface area contributed by atoms with Crippen molar-refractivity contribution in [3.63, 3.8) is 0 Å². The van der Waals surface area contributed by atoms with Crippen LogP contribution in [0.4, 0.5) is 4.79 Å². The zero-order chi connectivity index (χ0) is 36.2. The highest BCUT2D eigenvalue weighted by atomic mass is 127. The number of fused-ring (bicyclic) bond motifs is 1. The van der Waals surface area contributed by atoms with Crippen molar-refractivity contribution in [2.45, 2.75) is 167 Å². The molecule has 0 bridgehead atoms. The molecule has 11 heteroatoms. The molecule has 3 heterocycles. The van der Waals surface area contributed by atoms with Crippen LogP contribution in [0.15, 0.2) is 22.3 Å². The second kappa shape index (κ2) is 16.6. The van der Waals surface area contributed by atoms with Crippen LogP contribution in [0, 0.1) is 17.3 Å².